The fourth-order valence-corrected chi connectivity index (χ4v) is 4.72. The average molecular weight is 407 g/mol. The van der Waals surface area contributed by atoms with E-state index in [1.165, 1.54) is 18.2 Å². The van der Waals surface area contributed by atoms with Gasteiger partial charge in [0.25, 0.3) is 0 Å². The van der Waals surface area contributed by atoms with Crippen LogP contribution in [0.2, 0.25) is 0 Å². The predicted molar refractivity (Wildman–Crippen MR) is 114 cm³/mol. The van der Waals surface area contributed by atoms with Crippen LogP contribution in [0.4, 0.5) is 0 Å². The second-order valence-electron chi connectivity index (χ2n) is 6.63. The smallest absolute Gasteiger partial charge is 0.240 e. The highest BCUT2D eigenvalue weighted by atomic mass is 32.2. The molecule has 0 aliphatic carbocycles. The number of ether oxygens (including phenoxy) is 1. The Morgan fingerprint density at radius 3 is 2.48 bits per heavy atom. The minimum Gasteiger partial charge on any atom is -0.483 e. The van der Waals surface area contributed by atoms with Crippen LogP contribution in [0, 0.1) is 28.4 Å². The molecular formula is C22H21N3O3S. The third-order valence-electron chi connectivity index (χ3n) is 4.77. The van der Waals surface area contributed by atoms with E-state index in [2.05, 4.69) is 11.1 Å². The van der Waals surface area contributed by atoms with Crippen LogP contribution >= 0.6 is 11.8 Å². The molecular weight excluding hydrogens is 386 g/mol. The van der Waals surface area contributed by atoms with Gasteiger partial charge in [-0.15, -0.1) is 0 Å². The SMILES string of the molecule is CCOC=NC1=C(C#N)[C@@H](c2ccc(C)cc2)[C@H]([N+](=O)[O-])[C@@H](c2ccccc2)S1. The molecule has 1 aliphatic rings. The number of hydrogen-bond acceptors (Lipinski definition) is 6. The van der Waals surface area contributed by atoms with Gasteiger partial charge in [-0.3, -0.25) is 10.1 Å². The summed E-state index contributed by atoms with van der Waals surface area (Å²) >= 11 is 1.24. The summed E-state index contributed by atoms with van der Waals surface area (Å²) in [6.07, 6.45) is 1.31. The Kier molecular flexibility index (Phi) is 6.68. The van der Waals surface area contributed by atoms with E-state index in [1.807, 2.05) is 68.4 Å². The zero-order chi connectivity index (χ0) is 20.8. The highest BCUT2D eigenvalue weighted by Gasteiger charge is 2.48. The molecule has 0 unspecified atom stereocenters. The van der Waals surface area contributed by atoms with E-state index in [9.17, 15) is 15.4 Å². The molecule has 2 aromatic carbocycles. The van der Waals surface area contributed by atoms with Gasteiger partial charge in [0.05, 0.1) is 24.2 Å². The Morgan fingerprint density at radius 1 is 1.21 bits per heavy atom. The molecule has 148 valence electrons. The molecule has 0 spiro atoms. The lowest BCUT2D eigenvalue weighted by molar-refractivity contribution is -0.525. The van der Waals surface area contributed by atoms with E-state index in [1.54, 1.807) is 0 Å². The Labute approximate surface area is 174 Å². The topological polar surface area (TPSA) is 88.5 Å². The van der Waals surface area contributed by atoms with Crippen LogP contribution in [-0.2, 0) is 4.74 Å². The summed E-state index contributed by atoms with van der Waals surface area (Å²) < 4.78 is 5.22. The van der Waals surface area contributed by atoms with Gasteiger partial charge in [-0.2, -0.15) is 5.26 Å². The molecule has 0 radical (unpaired) electrons. The van der Waals surface area contributed by atoms with Crippen molar-refractivity contribution in [3.8, 4) is 6.07 Å². The number of thioether (sulfide) groups is 1. The zero-order valence-electron chi connectivity index (χ0n) is 16.2. The second kappa shape index (κ2) is 9.39. The second-order valence-corrected chi connectivity index (χ2v) is 7.76. The van der Waals surface area contributed by atoms with Crippen molar-refractivity contribution in [1.29, 1.82) is 5.26 Å². The summed E-state index contributed by atoms with van der Waals surface area (Å²) in [5, 5.41) is 22.1. The third-order valence-corrected chi connectivity index (χ3v) is 6.12. The quantitative estimate of drug-likeness (QED) is 0.291. The van der Waals surface area contributed by atoms with Crippen LogP contribution in [0.15, 0.2) is 70.2 Å². The van der Waals surface area contributed by atoms with Gasteiger partial charge in [-0.25, -0.2) is 4.99 Å². The number of hydrogen-bond donors (Lipinski definition) is 0. The van der Waals surface area contributed by atoms with Crippen molar-refractivity contribution in [3.63, 3.8) is 0 Å². The van der Waals surface area contributed by atoms with Crippen molar-refractivity contribution in [1.82, 2.24) is 0 Å². The van der Waals surface area contributed by atoms with Crippen LogP contribution in [0.3, 0.4) is 0 Å². The van der Waals surface area contributed by atoms with E-state index in [0.717, 1.165) is 16.7 Å². The van der Waals surface area contributed by atoms with Gasteiger partial charge in [0.15, 0.2) is 6.40 Å². The fraction of sp³-hybridized carbons (Fsp3) is 0.273. The Hall–Kier alpha value is -3.11. The molecule has 1 heterocycles. The Balaban J connectivity index is 2.19. The summed E-state index contributed by atoms with van der Waals surface area (Å²) in [7, 11) is 0. The normalized spacial score (nSPS) is 21.8. The maximum Gasteiger partial charge on any atom is 0.240 e. The molecule has 0 saturated heterocycles. The number of nitro groups is 1. The van der Waals surface area contributed by atoms with E-state index >= 15 is 0 Å². The van der Waals surface area contributed by atoms with Crippen molar-refractivity contribution in [3.05, 3.63) is 92.0 Å². The molecule has 1 aliphatic heterocycles. The number of rotatable bonds is 6. The minimum atomic E-state index is -0.995. The number of nitriles is 1. The molecule has 0 N–H and O–H groups in total. The molecule has 0 saturated carbocycles. The molecule has 0 fully saturated rings. The summed E-state index contributed by atoms with van der Waals surface area (Å²) in [5.74, 6) is -0.698. The van der Waals surface area contributed by atoms with Crippen molar-refractivity contribution >= 4 is 18.2 Å². The molecule has 2 aromatic rings. The van der Waals surface area contributed by atoms with Crippen LogP contribution in [0.25, 0.3) is 0 Å². The molecule has 0 aromatic heterocycles. The van der Waals surface area contributed by atoms with E-state index in [0.29, 0.717) is 17.2 Å². The van der Waals surface area contributed by atoms with Crippen molar-refractivity contribution in [2.24, 2.45) is 4.99 Å². The van der Waals surface area contributed by atoms with Crippen LogP contribution in [-0.4, -0.2) is 24.0 Å². The fourth-order valence-electron chi connectivity index (χ4n) is 3.39. The lowest BCUT2D eigenvalue weighted by atomic mass is 9.82. The Bertz CT molecular complexity index is 965. The summed E-state index contributed by atoms with van der Waals surface area (Å²) in [6, 6.07) is 18.1. The molecule has 29 heavy (non-hydrogen) atoms. The van der Waals surface area contributed by atoms with Gasteiger partial charge < -0.3 is 4.74 Å². The first kappa shape index (κ1) is 20.6. The predicted octanol–water partition coefficient (Wildman–Crippen LogP) is 5.01. The first-order valence-electron chi connectivity index (χ1n) is 9.26. The summed E-state index contributed by atoms with van der Waals surface area (Å²) in [5.41, 5.74) is 2.91. The maximum absolute atomic E-state index is 12.2. The minimum absolute atomic E-state index is 0.268. The van der Waals surface area contributed by atoms with Crippen molar-refractivity contribution in [2.45, 2.75) is 31.1 Å². The lowest BCUT2D eigenvalue weighted by Gasteiger charge is -2.32. The van der Waals surface area contributed by atoms with Gasteiger partial charge >= 0.3 is 0 Å². The largest absolute Gasteiger partial charge is 0.483 e. The standard InChI is InChI=1S/C22H21N3O3S/c1-3-28-14-24-22-18(13-23)19(16-11-9-15(2)10-12-16)20(25(26)27)21(29-22)17-7-5-4-6-8-17/h4-12,14,19-21H,3H2,1-2H3/t19-,20+,21-/m1/s1. The van der Waals surface area contributed by atoms with E-state index < -0.39 is 17.2 Å². The zero-order valence-corrected chi connectivity index (χ0v) is 17.0. The number of aryl methyl sites for hydroxylation is 1. The van der Waals surface area contributed by atoms with Gasteiger partial charge in [0, 0.05) is 4.92 Å². The third kappa shape index (κ3) is 4.49. The summed E-state index contributed by atoms with van der Waals surface area (Å²) in [6.45, 7) is 4.24. The van der Waals surface area contributed by atoms with Gasteiger partial charge in [-0.1, -0.05) is 71.9 Å². The molecule has 3 rings (SSSR count). The number of nitrogens with zero attached hydrogens (tertiary/aromatic N) is 3. The number of benzene rings is 2. The monoisotopic (exact) mass is 407 g/mol. The first-order chi connectivity index (χ1) is 14.1. The van der Waals surface area contributed by atoms with Crippen LogP contribution < -0.4 is 0 Å². The van der Waals surface area contributed by atoms with Gasteiger partial charge in [0.2, 0.25) is 6.04 Å². The number of aliphatic imine (C=N–C) groups is 1. The lowest BCUT2D eigenvalue weighted by Crippen LogP contribution is -2.36. The Morgan fingerprint density at radius 2 is 1.90 bits per heavy atom. The molecule has 0 bridgehead atoms. The first-order valence-corrected chi connectivity index (χ1v) is 10.1. The van der Waals surface area contributed by atoms with E-state index in [-0.39, 0.29) is 4.92 Å². The maximum atomic E-state index is 12.2. The summed E-state index contributed by atoms with van der Waals surface area (Å²) in [4.78, 5) is 16.3. The molecule has 3 atom stereocenters. The van der Waals surface area contributed by atoms with Crippen LogP contribution in [0.1, 0.15) is 34.8 Å². The van der Waals surface area contributed by atoms with Gasteiger partial charge in [-0.05, 0) is 25.0 Å². The van der Waals surface area contributed by atoms with Crippen LogP contribution in [0.5, 0.6) is 0 Å². The molecule has 0 amide bonds. The highest BCUT2D eigenvalue weighted by molar-refractivity contribution is 8.03. The highest BCUT2D eigenvalue weighted by Crippen LogP contribution is 2.52. The average Bonchev–Trinajstić information content (AvgIpc) is 2.74. The van der Waals surface area contributed by atoms with E-state index in [4.69, 9.17) is 4.74 Å². The molecule has 7 heteroatoms. The molecule has 6 nitrogen and oxygen atoms in total. The van der Waals surface area contributed by atoms with Gasteiger partial charge in [0.1, 0.15) is 10.3 Å². The van der Waals surface area contributed by atoms with Crippen molar-refractivity contribution in [2.75, 3.05) is 6.61 Å². The van der Waals surface area contributed by atoms with Crippen molar-refractivity contribution < 1.29 is 9.66 Å².